The highest BCUT2D eigenvalue weighted by molar-refractivity contribution is 8.00. The summed E-state index contributed by atoms with van der Waals surface area (Å²) in [6, 6.07) is 16.1. The Morgan fingerprint density at radius 2 is 1.92 bits per heavy atom. The van der Waals surface area contributed by atoms with Gasteiger partial charge in [0.1, 0.15) is 11.4 Å². The first kappa shape index (κ1) is 16.1. The van der Waals surface area contributed by atoms with Gasteiger partial charge in [0, 0.05) is 17.6 Å². The zero-order chi connectivity index (χ0) is 17.2. The first-order valence-corrected chi connectivity index (χ1v) is 9.37. The second-order valence-corrected chi connectivity index (χ2v) is 7.51. The molecule has 3 aromatic rings. The quantitative estimate of drug-likeness (QED) is 0.528. The molecule has 5 heteroatoms. The molecule has 1 amide bonds. The lowest BCUT2D eigenvalue weighted by Crippen LogP contribution is -2.40. The number of benzene rings is 2. The van der Waals surface area contributed by atoms with Gasteiger partial charge in [-0.25, -0.2) is 9.97 Å². The van der Waals surface area contributed by atoms with Crippen LogP contribution >= 0.6 is 11.8 Å². The summed E-state index contributed by atoms with van der Waals surface area (Å²) in [5.74, 6) is 0.139. The Balaban J connectivity index is 1.59. The third-order valence-electron chi connectivity index (χ3n) is 4.52. The van der Waals surface area contributed by atoms with Crippen LogP contribution in [0.15, 0.2) is 59.9 Å². The van der Waals surface area contributed by atoms with E-state index in [0.29, 0.717) is 0 Å². The number of carbonyl (C=O) groups excluding carboxylic acids is 1. The van der Waals surface area contributed by atoms with Gasteiger partial charge in [-0.15, -0.1) is 0 Å². The maximum absolute atomic E-state index is 13.1. The standard InChI is InChI=1S/C20H19N3OS/c1-14(25-19-16-9-3-4-10-17(16)21-13-22-19)20(24)23-12-6-8-15-7-2-5-11-18(15)23/h2-5,7,9-11,13-14H,6,8,12H2,1H3. The Morgan fingerprint density at radius 3 is 2.84 bits per heavy atom. The van der Waals surface area contributed by atoms with Crippen molar-refractivity contribution in [3.8, 4) is 0 Å². The van der Waals surface area contributed by atoms with Crippen LogP contribution in [0.1, 0.15) is 18.9 Å². The lowest BCUT2D eigenvalue weighted by atomic mass is 10.0. The van der Waals surface area contributed by atoms with Gasteiger partial charge in [0.15, 0.2) is 0 Å². The SMILES string of the molecule is CC(Sc1ncnc2ccccc12)C(=O)N1CCCc2ccccc21. The second kappa shape index (κ2) is 6.84. The van der Waals surface area contributed by atoms with Gasteiger partial charge in [0.25, 0.3) is 0 Å². The van der Waals surface area contributed by atoms with Gasteiger partial charge < -0.3 is 4.90 Å². The Labute approximate surface area is 151 Å². The minimum Gasteiger partial charge on any atom is -0.311 e. The molecule has 0 saturated heterocycles. The molecular formula is C20H19N3OS. The molecule has 0 radical (unpaired) electrons. The predicted molar refractivity (Wildman–Crippen MR) is 102 cm³/mol. The van der Waals surface area contributed by atoms with Crippen LogP contribution in [-0.2, 0) is 11.2 Å². The van der Waals surface area contributed by atoms with Gasteiger partial charge in [-0.1, -0.05) is 48.2 Å². The van der Waals surface area contributed by atoms with Crippen LogP contribution in [0.5, 0.6) is 0 Å². The van der Waals surface area contributed by atoms with Gasteiger partial charge in [0.05, 0.1) is 10.8 Å². The summed E-state index contributed by atoms with van der Waals surface area (Å²) in [5.41, 5.74) is 3.22. The van der Waals surface area contributed by atoms with Crippen LogP contribution in [0.3, 0.4) is 0 Å². The Hall–Kier alpha value is -2.40. The van der Waals surface area contributed by atoms with Crippen molar-refractivity contribution < 1.29 is 4.79 Å². The first-order chi connectivity index (χ1) is 12.2. The molecule has 0 spiro atoms. The first-order valence-electron chi connectivity index (χ1n) is 8.50. The molecule has 4 nitrogen and oxygen atoms in total. The van der Waals surface area contributed by atoms with Crippen LogP contribution in [-0.4, -0.2) is 27.7 Å². The van der Waals surface area contributed by atoms with E-state index in [-0.39, 0.29) is 11.2 Å². The maximum Gasteiger partial charge on any atom is 0.240 e. The maximum atomic E-state index is 13.1. The number of thioether (sulfide) groups is 1. The molecule has 2 aromatic carbocycles. The average Bonchev–Trinajstić information content (AvgIpc) is 2.67. The predicted octanol–water partition coefficient (Wildman–Crippen LogP) is 4.09. The molecule has 4 rings (SSSR count). The van der Waals surface area contributed by atoms with Crippen LogP contribution in [0.25, 0.3) is 10.9 Å². The van der Waals surface area contributed by atoms with E-state index in [9.17, 15) is 4.79 Å². The number of amides is 1. The summed E-state index contributed by atoms with van der Waals surface area (Å²) in [6.45, 7) is 2.74. The minimum absolute atomic E-state index is 0.139. The fraction of sp³-hybridized carbons (Fsp3) is 0.250. The normalized spacial score (nSPS) is 15.0. The Kier molecular flexibility index (Phi) is 4.40. The van der Waals surface area contributed by atoms with E-state index in [1.54, 1.807) is 6.33 Å². The zero-order valence-electron chi connectivity index (χ0n) is 14.1. The smallest absolute Gasteiger partial charge is 0.240 e. The average molecular weight is 349 g/mol. The van der Waals surface area contributed by atoms with Crippen LogP contribution in [0.2, 0.25) is 0 Å². The van der Waals surface area contributed by atoms with Crippen molar-refractivity contribution in [2.45, 2.75) is 30.0 Å². The fourth-order valence-corrected chi connectivity index (χ4v) is 4.24. The van der Waals surface area contributed by atoms with Gasteiger partial charge in [-0.2, -0.15) is 0 Å². The van der Waals surface area contributed by atoms with Gasteiger partial charge >= 0.3 is 0 Å². The van der Waals surface area contributed by atoms with Gasteiger partial charge in [-0.3, -0.25) is 4.79 Å². The fourth-order valence-electron chi connectivity index (χ4n) is 3.27. The molecule has 1 atom stereocenters. The molecule has 1 aliphatic rings. The number of anilines is 1. The molecular weight excluding hydrogens is 330 g/mol. The van der Waals surface area contributed by atoms with E-state index < -0.39 is 0 Å². The number of hydrogen-bond donors (Lipinski definition) is 0. The van der Waals surface area contributed by atoms with Crippen molar-refractivity contribution in [1.82, 2.24) is 9.97 Å². The number of hydrogen-bond acceptors (Lipinski definition) is 4. The van der Waals surface area contributed by atoms with Crippen LogP contribution < -0.4 is 4.90 Å². The van der Waals surface area contributed by atoms with Gasteiger partial charge in [-0.05, 0) is 37.5 Å². The van der Waals surface area contributed by atoms with Crippen LogP contribution in [0.4, 0.5) is 5.69 Å². The van der Waals surface area contributed by atoms with E-state index in [1.165, 1.54) is 17.3 Å². The molecule has 1 unspecified atom stereocenters. The van der Waals surface area contributed by atoms with E-state index in [0.717, 1.165) is 41.0 Å². The molecule has 0 fully saturated rings. The number of nitrogens with zero attached hydrogens (tertiary/aromatic N) is 3. The van der Waals surface area contributed by atoms with Crippen molar-refractivity contribution in [2.24, 2.45) is 0 Å². The summed E-state index contributed by atoms with van der Waals surface area (Å²) in [4.78, 5) is 23.7. The van der Waals surface area contributed by atoms with E-state index >= 15 is 0 Å². The molecule has 1 aliphatic heterocycles. The topological polar surface area (TPSA) is 46.1 Å². The summed E-state index contributed by atoms with van der Waals surface area (Å²) >= 11 is 1.51. The number of carbonyl (C=O) groups is 1. The van der Waals surface area contributed by atoms with Crippen molar-refractivity contribution in [3.63, 3.8) is 0 Å². The minimum atomic E-state index is -0.204. The highest BCUT2D eigenvalue weighted by atomic mass is 32.2. The molecule has 2 heterocycles. The number of aryl methyl sites for hydroxylation is 1. The van der Waals surface area contributed by atoms with E-state index in [4.69, 9.17) is 0 Å². The Morgan fingerprint density at radius 1 is 1.12 bits per heavy atom. The lowest BCUT2D eigenvalue weighted by Gasteiger charge is -2.31. The monoisotopic (exact) mass is 349 g/mol. The van der Waals surface area contributed by atoms with Crippen molar-refractivity contribution in [2.75, 3.05) is 11.4 Å². The third-order valence-corrected chi connectivity index (χ3v) is 5.62. The van der Waals surface area contributed by atoms with Crippen LogP contribution in [0, 0.1) is 0 Å². The summed E-state index contributed by atoms with van der Waals surface area (Å²) in [7, 11) is 0. The molecule has 25 heavy (non-hydrogen) atoms. The van der Waals surface area contributed by atoms with E-state index in [2.05, 4.69) is 16.0 Å². The number of rotatable bonds is 3. The summed E-state index contributed by atoms with van der Waals surface area (Å²) < 4.78 is 0. The van der Waals surface area contributed by atoms with Crippen molar-refractivity contribution in [1.29, 1.82) is 0 Å². The highest BCUT2D eigenvalue weighted by Gasteiger charge is 2.27. The molecule has 126 valence electrons. The third kappa shape index (κ3) is 3.12. The lowest BCUT2D eigenvalue weighted by molar-refractivity contribution is -0.117. The number of para-hydroxylation sites is 2. The number of aromatic nitrogens is 2. The van der Waals surface area contributed by atoms with E-state index in [1.807, 2.05) is 54.3 Å². The molecule has 0 N–H and O–H groups in total. The largest absolute Gasteiger partial charge is 0.311 e. The van der Waals surface area contributed by atoms with Crippen molar-refractivity contribution >= 4 is 34.3 Å². The second-order valence-electron chi connectivity index (χ2n) is 6.18. The highest BCUT2D eigenvalue weighted by Crippen LogP contribution is 2.32. The molecule has 0 aliphatic carbocycles. The van der Waals surface area contributed by atoms with Crippen molar-refractivity contribution in [3.05, 3.63) is 60.4 Å². The number of fused-ring (bicyclic) bond motifs is 2. The molecule has 1 aromatic heterocycles. The molecule has 0 bridgehead atoms. The molecule has 0 saturated carbocycles. The summed E-state index contributed by atoms with van der Waals surface area (Å²) in [5, 5.41) is 1.65. The summed E-state index contributed by atoms with van der Waals surface area (Å²) in [6.07, 6.45) is 3.62. The Bertz CT molecular complexity index is 922. The van der Waals surface area contributed by atoms with Gasteiger partial charge in [0.2, 0.25) is 5.91 Å². The zero-order valence-corrected chi connectivity index (χ0v) is 14.9.